The highest BCUT2D eigenvalue weighted by atomic mass is 16.5. The Bertz CT molecular complexity index is 529. The molecular weight excluding hydrogens is 266 g/mol. The van der Waals surface area contributed by atoms with Gasteiger partial charge in [-0.1, -0.05) is 25.0 Å². The van der Waals surface area contributed by atoms with E-state index in [1.807, 2.05) is 12.1 Å². The van der Waals surface area contributed by atoms with Crippen LogP contribution in [-0.2, 0) is 14.9 Å². The number of aryl methyl sites for hydroxylation is 1. The summed E-state index contributed by atoms with van der Waals surface area (Å²) in [6.45, 7) is 5.18. The molecule has 0 radical (unpaired) electrons. The van der Waals surface area contributed by atoms with Crippen LogP contribution in [0.4, 0.5) is 5.69 Å². The van der Waals surface area contributed by atoms with Crippen LogP contribution in [0.15, 0.2) is 18.2 Å². The number of carboxylic acid groups (broad SMARTS) is 1. The summed E-state index contributed by atoms with van der Waals surface area (Å²) in [6.07, 6.45) is 3.51. The van der Waals surface area contributed by atoms with Crippen LogP contribution in [0.2, 0.25) is 0 Å². The fourth-order valence-electron chi connectivity index (χ4n) is 3.69. The molecule has 1 aromatic carbocycles. The van der Waals surface area contributed by atoms with Crippen LogP contribution < -0.4 is 4.90 Å². The molecule has 2 aliphatic rings. The Morgan fingerprint density at radius 3 is 2.52 bits per heavy atom. The zero-order valence-corrected chi connectivity index (χ0v) is 12.6. The molecule has 1 heterocycles. The van der Waals surface area contributed by atoms with Gasteiger partial charge < -0.3 is 14.7 Å². The van der Waals surface area contributed by atoms with Gasteiger partial charge in [-0.3, -0.25) is 4.79 Å². The zero-order valence-electron chi connectivity index (χ0n) is 12.6. The molecule has 4 nitrogen and oxygen atoms in total. The van der Waals surface area contributed by atoms with Crippen molar-refractivity contribution in [1.29, 1.82) is 0 Å². The van der Waals surface area contributed by atoms with E-state index in [0.717, 1.165) is 50.0 Å². The number of hydrogen-bond donors (Lipinski definition) is 1. The molecule has 114 valence electrons. The average Bonchev–Trinajstić information content (AvgIpc) is 2.99. The number of carbonyl (C=O) groups is 1. The van der Waals surface area contributed by atoms with Crippen molar-refractivity contribution in [3.63, 3.8) is 0 Å². The van der Waals surface area contributed by atoms with E-state index in [-0.39, 0.29) is 0 Å². The van der Waals surface area contributed by atoms with Crippen molar-refractivity contribution in [3.05, 3.63) is 29.3 Å². The smallest absolute Gasteiger partial charge is 0.314 e. The SMILES string of the molecule is Cc1ccc(C2(C(=O)O)CCCC2)c(N2CCOCC2)c1. The summed E-state index contributed by atoms with van der Waals surface area (Å²) in [5.41, 5.74) is 2.59. The first-order valence-electron chi connectivity index (χ1n) is 7.81. The molecule has 2 fully saturated rings. The van der Waals surface area contributed by atoms with Crippen LogP contribution in [0.3, 0.4) is 0 Å². The summed E-state index contributed by atoms with van der Waals surface area (Å²) in [5.74, 6) is -0.668. The predicted octanol–water partition coefficient (Wildman–Crippen LogP) is 2.73. The standard InChI is InChI=1S/C17H23NO3/c1-13-4-5-14(17(16(19)20)6-2-3-7-17)15(12-13)18-8-10-21-11-9-18/h4-5,12H,2-3,6-11H2,1H3,(H,19,20). The van der Waals surface area contributed by atoms with E-state index in [9.17, 15) is 9.90 Å². The fourth-order valence-corrected chi connectivity index (χ4v) is 3.69. The molecule has 4 heteroatoms. The molecular formula is C17H23NO3. The van der Waals surface area contributed by atoms with Crippen molar-refractivity contribution in [2.45, 2.75) is 38.0 Å². The van der Waals surface area contributed by atoms with E-state index in [1.54, 1.807) is 0 Å². The maximum absolute atomic E-state index is 12.0. The highest BCUT2D eigenvalue weighted by molar-refractivity contribution is 5.84. The number of benzene rings is 1. The van der Waals surface area contributed by atoms with Gasteiger partial charge in [0.1, 0.15) is 0 Å². The number of hydrogen-bond acceptors (Lipinski definition) is 3. The third-order valence-electron chi connectivity index (χ3n) is 4.89. The van der Waals surface area contributed by atoms with Crippen molar-refractivity contribution in [3.8, 4) is 0 Å². The van der Waals surface area contributed by atoms with Crippen molar-refractivity contribution >= 4 is 11.7 Å². The van der Waals surface area contributed by atoms with E-state index in [4.69, 9.17) is 4.74 Å². The van der Waals surface area contributed by atoms with Gasteiger partial charge in [-0.25, -0.2) is 0 Å². The van der Waals surface area contributed by atoms with Crippen molar-refractivity contribution < 1.29 is 14.6 Å². The van der Waals surface area contributed by atoms with Gasteiger partial charge in [-0.05, 0) is 37.0 Å². The Labute approximate surface area is 125 Å². The Kier molecular flexibility index (Phi) is 3.89. The Morgan fingerprint density at radius 2 is 1.90 bits per heavy atom. The normalized spacial score (nSPS) is 21.5. The summed E-state index contributed by atoms with van der Waals surface area (Å²) in [5, 5.41) is 9.87. The molecule has 0 bridgehead atoms. The van der Waals surface area contributed by atoms with Gasteiger partial charge in [-0.2, -0.15) is 0 Å². The lowest BCUT2D eigenvalue weighted by atomic mass is 9.77. The molecule has 21 heavy (non-hydrogen) atoms. The monoisotopic (exact) mass is 289 g/mol. The number of anilines is 1. The lowest BCUT2D eigenvalue weighted by molar-refractivity contribution is -0.143. The van der Waals surface area contributed by atoms with Gasteiger partial charge in [0, 0.05) is 18.8 Å². The molecule has 0 spiro atoms. The van der Waals surface area contributed by atoms with E-state index >= 15 is 0 Å². The third-order valence-corrected chi connectivity index (χ3v) is 4.89. The second kappa shape index (κ2) is 5.68. The molecule has 1 saturated carbocycles. The summed E-state index contributed by atoms with van der Waals surface area (Å²) < 4.78 is 5.43. The second-order valence-electron chi connectivity index (χ2n) is 6.21. The van der Waals surface area contributed by atoms with Crippen molar-refractivity contribution in [2.75, 3.05) is 31.2 Å². The number of morpholine rings is 1. The molecule has 1 aliphatic heterocycles. The second-order valence-corrected chi connectivity index (χ2v) is 6.21. The number of rotatable bonds is 3. The van der Waals surface area contributed by atoms with Crippen LogP contribution in [0.5, 0.6) is 0 Å². The number of carboxylic acids is 1. The molecule has 1 N–H and O–H groups in total. The first kappa shape index (κ1) is 14.4. The Hall–Kier alpha value is -1.55. The maximum Gasteiger partial charge on any atom is 0.314 e. The topological polar surface area (TPSA) is 49.8 Å². The van der Waals surface area contributed by atoms with E-state index in [2.05, 4.69) is 17.9 Å². The summed E-state index contributed by atoms with van der Waals surface area (Å²) in [6, 6.07) is 6.23. The highest BCUT2D eigenvalue weighted by Crippen LogP contribution is 2.45. The van der Waals surface area contributed by atoms with Crippen molar-refractivity contribution in [1.82, 2.24) is 0 Å². The van der Waals surface area contributed by atoms with E-state index in [1.165, 1.54) is 5.56 Å². The first-order chi connectivity index (χ1) is 10.1. The number of ether oxygens (including phenoxy) is 1. The van der Waals surface area contributed by atoms with E-state index in [0.29, 0.717) is 13.2 Å². The van der Waals surface area contributed by atoms with Crippen LogP contribution in [-0.4, -0.2) is 37.4 Å². The molecule has 3 rings (SSSR count). The minimum atomic E-state index is -0.693. The van der Waals surface area contributed by atoms with Crippen LogP contribution >= 0.6 is 0 Å². The van der Waals surface area contributed by atoms with E-state index < -0.39 is 11.4 Å². The summed E-state index contributed by atoms with van der Waals surface area (Å²) in [7, 11) is 0. The van der Waals surface area contributed by atoms with Gasteiger partial charge in [0.25, 0.3) is 0 Å². The third kappa shape index (κ3) is 2.53. The summed E-state index contributed by atoms with van der Waals surface area (Å²) >= 11 is 0. The minimum absolute atomic E-state index is 0.668. The molecule has 1 aromatic rings. The Morgan fingerprint density at radius 1 is 1.24 bits per heavy atom. The van der Waals surface area contributed by atoms with Gasteiger partial charge >= 0.3 is 5.97 Å². The first-order valence-corrected chi connectivity index (χ1v) is 7.81. The highest BCUT2D eigenvalue weighted by Gasteiger charge is 2.44. The number of nitrogens with zero attached hydrogens (tertiary/aromatic N) is 1. The molecule has 1 aliphatic carbocycles. The van der Waals surface area contributed by atoms with Gasteiger partial charge in [0.15, 0.2) is 0 Å². The quantitative estimate of drug-likeness (QED) is 0.929. The van der Waals surface area contributed by atoms with Crippen LogP contribution in [0, 0.1) is 6.92 Å². The summed E-state index contributed by atoms with van der Waals surface area (Å²) in [4.78, 5) is 14.3. The average molecular weight is 289 g/mol. The molecule has 0 aromatic heterocycles. The minimum Gasteiger partial charge on any atom is -0.481 e. The zero-order chi connectivity index (χ0) is 14.9. The molecule has 1 saturated heterocycles. The van der Waals surface area contributed by atoms with Gasteiger partial charge in [-0.15, -0.1) is 0 Å². The van der Waals surface area contributed by atoms with Gasteiger partial charge in [0.05, 0.1) is 18.6 Å². The Balaban J connectivity index is 2.06. The van der Waals surface area contributed by atoms with Crippen molar-refractivity contribution in [2.24, 2.45) is 0 Å². The fraction of sp³-hybridized carbons (Fsp3) is 0.588. The largest absolute Gasteiger partial charge is 0.481 e. The number of aliphatic carboxylic acids is 1. The molecule has 0 amide bonds. The predicted molar refractivity (Wildman–Crippen MR) is 82.0 cm³/mol. The van der Waals surface area contributed by atoms with Crippen LogP contribution in [0.1, 0.15) is 36.8 Å². The molecule has 0 unspecified atom stereocenters. The lowest BCUT2D eigenvalue weighted by Gasteiger charge is -2.35. The van der Waals surface area contributed by atoms with Crippen LogP contribution in [0.25, 0.3) is 0 Å². The van der Waals surface area contributed by atoms with Gasteiger partial charge in [0.2, 0.25) is 0 Å². The molecule has 0 atom stereocenters. The maximum atomic E-state index is 12.0. The lowest BCUT2D eigenvalue weighted by Crippen LogP contribution is -2.40.